The number of para-hydroxylation sites is 1. The van der Waals surface area contributed by atoms with Crippen LogP contribution >= 0.6 is 11.8 Å². The van der Waals surface area contributed by atoms with Crippen LogP contribution < -0.4 is 14.4 Å². The highest BCUT2D eigenvalue weighted by molar-refractivity contribution is 8.19. The minimum absolute atomic E-state index is 0.307. The summed E-state index contributed by atoms with van der Waals surface area (Å²) < 4.78 is 10.5. The van der Waals surface area contributed by atoms with Crippen LogP contribution in [0.1, 0.15) is 5.56 Å². The number of carbonyl (C=O) groups is 2. The van der Waals surface area contributed by atoms with Crippen LogP contribution in [0.2, 0.25) is 0 Å². The molecule has 0 unspecified atom stereocenters. The minimum Gasteiger partial charge on any atom is -0.493 e. The summed E-state index contributed by atoms with van der Waals surface area (Å²) in [5, 5.41) is -0.307. The van der Waals surface area contributed by atoms with Gasteiger partial charge in [-0.1, -0.05) is 24.3 Å². The molecular formula is C18H15NO4S. The number of imide groups is 1. The molecule has 3 rings (SSSR count). The van der Waals surface area contributed by atoms with Crippen LogP contribution in [0.15, 0.2) is 53.4 Å². The Hall–Kier alpha value is -2.73. The molecule has 1 saturated heterocycles. The van der Waals surface area contributed by atoms with Crippen molar-refractivity contribution in [1.82, 2.24) is 0 Å². The molecule has 2 amide bonds. The zero-order chi connectivity index (χ0) is 17.1. The summed E-state index contributed by atoms with van der Waals surface area (Å²) in [5.41, 5.74) is 1.32. The number of hydrogen-bond acceptors (Lipinski definition) is 5. The molecule has 5 nitrogen and oxygen atoms in total. The van der Waals surface area contributed by atoms with Crippen molar-refractivity contribution in [3.8, 4) is 11.5 Å². The number of amides is 2. The van der Waals surface area contributed by atoms with E-state index in [1.54, 1.807) is 62.8 Å². The van der Waals surface area contributed by atoms with E-state index in [9.17, 15) is 9.59 Å². The highest BCUT2D eigenvalue weighted by Gasteiger charge is 2.36. The van der Waals surface area contributed by atoms with Gasteiger partial charge >= 0.3 is 0 Å². The van der Waals surface area contributed by atoms with E-state index in [4.69, 9.17) is 9.47 Å². The van der Waals surface area contributed by atoms with Crippen molar-refractivity contribution in [3.63, 3.8) is 0 Å². The van der Waals surface area contributed by atoms with E-state index in [-0.39, 0.29) is 11.1 Å². The van der Waals surface area contributed by atoms with Gasteiger partial charge in [-0.2, -0.15) is 0 Å². The number of anilines is 1. The predicted molar refractivity (Wildman–Crippen MR) is 94.4 cm³/mol. The first-order valence-electron chi connectivity index (χ1n) is 7.19. The Morgan fingerprint density at radius 1 is 0.958 bits per heavy atom. The average molecular weight is 341 g/mol. The summed E-state index contributed by atoms with van der Waals surface area (Å²) in [6, 6.07) is 14.2. The summed E-state index contributed by atoms with van der Waals surface area (Å²) in [5.74, 6) is 0.839. The van der Waals surface area contributed by atoms with Crippen LogP contribution in [0.5, 0.6) is 11.5 Å². The molecule has 0 aromatic heterocycles. The van der Waals surface area contributed by atoms with Gasteiger partial charge in [0, 0.05) is 0 Å². The van der Waals surface area contributed by atoms with Gasteiger partial charge in [0.2, 0.25) is 0 Å². The predicted octanol–water partition coefficient (Wildman–Crippen LogP) is 3.94. The number of methoxy groups -OCH3 is 2. The van der Waals surface area contributed by atoms with E-state index in [1.807, 2.05) is 6.07 Å². The van der Waals surface area contributed by atoms with Gasteiger partial charge in [-0.15, -0.1) is 0 Å². The molecule has 2 aromatic rings. The highest BCUT2D eigenvalue weighted by atomic mass is 32.2. The lowest BCUT2D eigenvalue weighted by atomic mass is 10.2. The molecule has 1 aliphatic rings. The summed E-state index contributed by atoms with van der Waals surface area (Å²) in [6.07, 6.45) is 1.68. The van der Waals surface area contributed by atoms with Crippen molar-refractivity contribution in [2.75, 3.05) is 19.1 Å². The SMILES string of the molecule is COc1ccc(/C=C2/SC(=O)N(c3ccccc3)C2=O)cc1OC. The Morgan fingerprint density at radius 3 is 2.33 bits per heavy atom. The summed E-state index contributed by atoms with van der Waals surface area (Å²) >= 11 is 0.921. The Balaban J connectivity index is 1.92. The molecule has 0 bridgehead atoms. The van der Waals surface area contributed by atoms with Crippen molar-refractivity contribution < 1.29 is 19.1 Å². The second-order valence-electron chi connectivity index (χ2n) is 4.97. The molecule has 0 radical (unpaired) electrons. The van der Waals surface area contributed by atoms with Gasteiger partial charge in [0.1, 0.15) is 0 Å². The first-order valence-corrected chi connectivity index (χ1v) is 8.00. The molecule has 0 N–H and O–H groups in total. The average Bonchev–Trinajstić information content (AvgIpc) is 2.89. The molecule has 0 atom stereocenters. The van der Waals surface area contributed by atoms with E-state index in [0.29, 0.717) is 22.1 Å². The lowest BCUT2D eigenvalue weighted by molar-refractivity contribution is -0.113. The molecule has 122 valence electrons. The quantitative estimate of drug-likeness (QED) is 0.788. The molecule has 0 spiro atoms. The van der Waals surface area contributed by atoms with Gasteiger partial charge in [-0.05, 0) is 47.7 Å². The van der Waals surface area contributed by atoms with Crippen LogP contribution in [0, 0.1) is 0 Å². The minimum atomic E-state index is -0.328. The molecule has 1 heterocycles. The second kappa shape index (κ2) is 6.80. The standard InChI is InChI=1S/C18H15NO4S/c1-22-14-9-8-12(10-15(14)23-2)11-16-17(20)19(18(21)24-16)13-6-4-3-5-7-13/h3-11H,1-2H3/b16-11+. The molecule has 0 aliphatic carbocycles. The summed E-state index contributed by atoms with van der Waals surface area (Å²) in [7, 11) is 3.10. The number of nitrogens with zero attached hydrogens (tertiary/aromatic N) is 1. The third-order valence-corrected chi connectivity index (χ3v) is 4.38. The van der Waals surface area contributed by atoms with Crippen LogP contribution in [0.4, 0.5) is 10.5 Å². The molecule has 6 heteroatoms. The number of rotatable bonds is 4. The van der Waals surface area contributed by atoms with Gasteiger partial charge in [0.25, 0.3) is 11.1 Å². The van der Waals surface area contributed by atoms with Crippen molar-refractivity contribution in [1.29, 1.82) is 0 Å². The van der Waals surface area contributed by atoms with Crippen molar-refractivity contribution in [2.24, 2.45) is 0 Å². The molecule has 1 fully saturated rings. The van der Waals surface area contributed by atoms with Crippen molar-refractivity contribution >= 4 is 34.7 Å². The van der Waals surface area contributed by atoms with Crippen LogP contribution in [-0.4, -0.2) is 25.4 Å². The summed E-state index contributed by atoms with van der Waals surface area (Å²) in [4.78, 5) is 26.3. The van der Waals surface area contributed by atoms with E-state index in [1.165, 1.54) is 4.90 Å². The largest absolute Gasteiger partial charge is 0.493 e. The Bertz CT molecular complexity index is 817. The van der Waals surface area contributed by atoms with Crippen LogP contribution in [0.3, 0.4) is 0 Å². The van der Waals surface area contributed by atoms with Crippen molar-refractivity contribution in [3.05, 3.63) is 59.0 Å². The zero-order valence-electron chi connectivity index (χ0n) is 13.2. The maximum Gasteiger partial charge on any atom is 0.298 e. The fourth-order valence-electron chi connectivity index (χ4n) is 2.36. The Labute approximate surface area is 143 Å². The molecule has 24 heavy (non-hydrogen) atoms. The lowest BCUT2D eigenvalue weighted by Gasteiger charge is -2.11. The Kier molecular flexibility index (Phi) is 4.57. The number of thioether (sulfide) groups is 1. The van der Waals surface area contributed by atoms with E-state index in [0.717, 1.165) is 17.3 Å². The number of carbonyl (C=O) groups excluding carboxylic acids is 2. The highest BCUT2D eigenvalue weighted by Crippen LogP contribution is 2.36. The monoisotopic (exact) mass is 341 g/mol. The molecular weight excluding hydrogens is 326 g/mol. The van der Waals surface area contributed by atoms with Crippen molar-refractivity contribution in [2.45, 2.75) is 0 Å². The van der Waals surface area contributed by atoms with Gasteiger partial charge in [-0.3, -0.25) is 9.59 Å². The fraction of sp³-hybridized carbons (Fsp3) is 0.111. The topological polar surface area (TPSA) is 55.8 Å². The number of ether oxygens (including phenoxy) is 2. The smallest absolute Gasteiger partial charge is 0.298 e. The normalized spacial score (nSPS) is 15.9. The third kappa shape index (κ3) is 3.00. The molecule has 2 aromatic carbocycles. The maximum absolute atomic E-state index is 12.6. The van der Waals surface area contributed by atoms with Gasteiger partial charge < -0.3 is 9.47 Å². The number of hydrogen-bond donors (Lipinski definition) is 0. The van der Waals surface area contributed by atoms with E-state index >= 15 is 0 Å². The molecule has 1 aliphatic heterocycles. The Morgan fingerprint density at radius 2 is 1.67 bits per heavy atom. The fourth-order valence-corrected chi connectivity index (χ4v) is 3.20. The van der Waals surface area contributed by atoms with Gasteiger partial charge in [-0.25, -0.2) is 4.90 Å². The van der Waals surface area contributed by atoms with Gasteiger partial charge in [0.05, 0.1) is 24.8 Å². The first-order chi connectivity index (χ1) is 11.6. The second-order valence-corrected chi connectivity index (χ2v) is 5.96. The number of benzene rings is 2. The maximum atomic E-state index is 12.6. The zero-order valence-corrected chi connectivity index (χ0v) is 14.0. The van der Waals surface area contributed by atoms with Crippen LogP contribution in [-0.2, 0) is 4.79 Å². The third-order valence-electron chi connectivity index (χ3n) is 3.51. The molecule has 0 saturated carbocycles. The lowest BCUT2D eigenvalue weighted by Crippen LogP contribution is -2.27. The first kappa shape index (κ1) is 16.1. The van der Waals surface area contributed by atoms with Crippen LogP contribution in [0.25, 0.3) is 6.08 Å². The summed E-state index contributed by atoms with van der Waals surface area (Å²) in [6.45, 7) is 0. The van der Waals surface area contributed by atoms with E-state index < -0.39 is 0 Å². The van der Waals surface area contributed by atoms with Gasteiger partial charge in [0.15, 0.2) is 11.5 Å². The van der Waals surface area contributed by atoms with E-state index in [2.05, 4.69) is 0 Å².